The van der Waals surface area contributed by atoms with Crippen molar-refractivity contribution in [3.05, 3.63) is 45.8 Å². The lowest BCUT2D eigenvalue weighted by Crippen LogP contribution is -2.15. The summed E-state index contributed by atoms with van der Waals surface area (Å²) in [4.78, 5) is 26.9. The van der Waals surface area contributed by atoms with E-state index in [1.54, 1.807) is 24.8 Å². The second-order valence-electron chi connectivity index (χ2n) is 5.86. The van der Waals surface area contributed by atoms with Crippen LogP contribution in [0.15, 0.2) is 29.2 Å². The summed E-state index contributed by atoms with van der Waals surface area (Å²) in [5.74, 6) is -0.623. The molecule has 0 saturated carbocycles. The third-order valence-electron chi connectivity index (χ3n) is 3.56. The minimum Gasteiger partial charge on any atom is -0.462 e. The molecule has 1 aromatic carbocycles. The predicted octanol–water partition coefficient (Wildman–Crippen LogP) is 5.29. The van der Waals surface area contributed by atoms with Gasteiger partial charge >= 0.3 is 5.97 Å². The fourth-order valence-corrected chi connectivity index (χ4v) is 4.26. The van der Waals surface area contributed by atoms with Gasteiger partial charge in [0.15, 0.2) is 0 Å². The average molecular weight is 378 g/mol. The molecule has 1 amide bonds. The predicted molar refractivity (Wildman–Crippen MR) is 105 cm³/mol. The van der Waals surface area contributed by atoms with Gasteiger partial charge in [-0.15, -0.1) is 23.1 Å². The largest absolute Gasteiger partial charge is 0.462 e. The molecule has 0 spiro atoms. The smallest absolute Gasteiger partial charge is 0.341 e. The SMILES string of the molecule is CCOC(=O)c1c(NC(=O)c2cccc(SC(C)C)c2)sc(C)c1C. The molecule has 2 aromatic rings. The molecule has 2 rings (SSSR count). The van der Waals surface area contributed by atoms with Crippen LogP contribution < -0.4 is 5.32 Å². The second kappa shape index (κ2) is 8.54. The van der Waals surface area contributed by atoms with E-state index in [0.717, 1.165) is 15.3 Å². The van der Waals surface area contributed by atoms with E-state index in [1.165, 1.54) is 11.3 Å². The van der Waals surface area contributed by atoms with Crippen LogP contribution in [-0.4, -0.2) is 23.7 Å². The van der Waals surface area contributed by atoms with Gasteiger partial charge in [0.2, 0.25) is 0 Å². The Morgan fingerprint density at radius 2 is 2.00 bits per heavy atom. The minimum atomic E-state index is -0.399. The summed E-state index contributed by atoms with van der Waals surface area (Å²) < 4.78 is 5.13. The van der Waals surface area contributed by atoms with Crippen LogP contribution in [0.2, 0.25) is 0 Å². The summed E-state index contributed by atoms with van der Waals surface area (Å²) in [7, 11) is 0. The number of benzene rings is 1. The second-order valence-corrected chi connectivity index (χ2v) is 8.73. The van der Waals surface area contributed by atoms with Gasteiger partial charge in [-0.05, 0) is 44.5 Å². The van der Waals surface area contributed by atoms with Crippen molar-refractivity contribution in [3.8, 4) is 0 Å². The number of anilines is 1. The standard InChI is InChI=1S/C19H23NO3S2/c1-6-23-19(22)16-12(4)13(5)25-18(16)20-17(21)14-8-7-9-15(10-14)24-11(2)3/h7-11H,6H2,1-5H3,(H,20,21). The number of carbonyl (C=O) groups excluding carboxylic acids is 2. The zero-order valence-electron chi connectivity index (χ0n) is 15.1. The Labute approximate surface area is 157 Å². The van der Waals surface area contributed by atoms with Crippen LogP contribution in [0.5, 0.6) is 0 Å². The first-order valence-electron chi connectivity index (χ1n) is 8.18. The third kappa shape index (κ3) is 4.86. The van der Waals surface area contributed by atoms with Crippen LogP contribution in [0.3, 0.4) is 0 Å². The number of carbonyl (C=O) groups is 2. The third-order valence-corrected chi connectivity index (χ3v) is 5.68. The number of thioether (sulfide) groups is 1. The van der Waals surface area contributed by atoms with E-state index in [9.17, 15) is 9.59 Å². The first-order valence-corrected chi connectivity index (χ1v) is 9.88. The summed E-state index contributed by atoms with van der Waals surface area (Å²) >= 11 is 3.10. The Kier molecular flexibility index (Phi) is 6.67. The lowest BCUT2D eigenvalue weighted by atomic mass is 10.1. The van der Waals surface area contributed by atoms with Crippen molar-refractivity contribution in [3.63, 3.8) is 0 Å². The maximum Gasteiger partial charge on any atom is 0.341 e. The first-order chi connectivity index (χ1) is 11.8. The van der Waals surface area contributed by atoms with Crippen molar-refractivity contribution in [2.24, 2.45) is 0 Å². The zero-order chi connectivity index (χ0) is 18.6. The first kappa shape index (κ1) is 19.5. The Balaban J connectivity index is 2.26. The highest BCUT2D eigenvalue weighted by Crippen LogP contribution is 2.33. The number of aryl methyl sites for hydroxylation is 1. The van der Waals surface area contributed by atoms with Gasteiger partial charge in [-0.1, -0.05) is 19.9 Å². The molecule has 0 fully saturated rings. The zero-order valence-corrected chi connectivity index (χ0v) is 16.8. The van der Waals surface area contributed by atoms with E-state index in [0.29, 0.717) is 28.0 Å². The summed E-state index contributed by atoms with van der Waals surface area (Å²) in [6, 6.07) is 7.51. The highest BCUT2D eigenvalue weighted by Gasteiger charge is 2.22. The van der Waals surface area contributed by atoms with Crippen molar-refractivity contribution < 1.29 is 14.3 Å². The molecule has 4 nitrogen and oxygen atoms in total. The number of rotatable bonds is 6. The van der Waals surface area contributed by atoms with Crippen LogP contribution in [0.25, 0.3) is 0 Å². The maximum atomic E-state index is 12.6. The number of thiophene rings is 1. The Morgan fingerprint density at radius 1 is 1.28 bits per heavy atom. The molecule has 25 heavy (non-hydrogen) atoms. The van der Waals surface area contributed by atoms with Crippen molar-refractivity contribution in [1.29, 1.82) is 0 Å². The fraction of sp³-hybridized carbons (Fsp3) is 0.368. The molecule has 1 heterocycles. The molecular weight excluding hydrogens is 354 g/mol. The minimum absolute atomic E-state index is 0.224. The highest BCUT2D eigenvalue weighted by molar-refractivity contribution is 7.99. The molecule has 1 aromatic heterocycles. The van der Waals surface area contributed by atoms with Gasteiger partial charge in [0.25, 0.3) is 5.91 Å². The summed E-state index contributed by atoms with van der Waals surface area (Å²) in [5.41, 5.74) is 1.87. The number of esters is 1. The molecule has 0 atom stereocenters. The Bertz CT molecular complexity index is 781. The van der Waals surface area contributed by atoms with E-state index in [-0.39, 0.29) is 5.91 Å². The number of hydrogen-bond donors (Lipinski definition) is 1. The topological polar surface area (TPSA) is 55.4 Å². The molecule has 134 valence electrons. The molecule has 1 N–H and O–H groups in total. The van der Waals surface area contributed by atoms with Gasteiger partial charge in [0.05, 0.1) is 12.2 Å². The molecule has 0 bridgehead atoms. The van der Waals surface area contributed by atoms with E-state index < -0.39 is 5.97 Å². The Hall–Kier alpha value is -1.79. The van der Waals surface area contributed by atoms with Crippen molar-refractivity contribution in [2.45, 2.75) is 44.8 Å². The molecule has 0 saturated heterocycles. The van der Waals surface area contributed by atoms with Gasteiger partial charge in [-0.25, -0.2) is 4.79 Å². The van der Waals surface area contributed by atoms with Crippen molar-refractivity contribution in [2.75, 3.05) is 11.9 Å². The summed E-state index contributed by atoms with van der Waals surface area (Å²) in [6.45, 7) is 10.1. The van der Waals surface area contributed by atoms with Crippen LogP contribution in [0.1, 0.15) is 51.9 Å². The molecule has 0 aliphatic heterocycles. The molecule has 6 heteroatoms. The highest BCUT2D eigenvalue weighted by atomic mass is 32.2. The van der Waals surface area contributed by atoms with Gasteiger partial charge in [-0.3, -0.25) is 4.79 Å². The summed E-state index contributed by atoms with van der Waals surface area (Å²) in [6.07, 6.45) is 0. The number of hydrogen-bond acceptors (Lipinski definition) is 5. The summed E-state index contributed by atoms with van der Waals surface area (Å²) in [5, 5.41) is 3.86. The van der Waals surface area contributed by atoms with Gasteiger partial charge in [0, 0.05) is 20.6 Å². The molecule has 0 unspecified atom stereocenters. The molecule has 0 aliphatic rings. The van der Waals surface area contributed by atoms with Crippen LogP contribution in [0, 0.1) is 13.8 Å². The van der Waals surface area contributed by atoms with Gasteiger partial charge < -0.3 is 10.1 Å². The quantitative estimate of drug-likeness (QED) is 0.549. The van der Waals surface area contributed by atoms with E-state index in [4.69, 9.17) is 4.74 Å². The van der Waals surface area contributed by atoms with Gasteiger partial charge in [0.1, 0.15) is 5.00 Å². The van der Waals surface area contributed by atoms with E-state index >= 15 is 0 Å². The monoisotopic (exact) mass is 377 g/mol. The number of ether oxygens (including phenoxy) is 1. The van der Waals surface area contributed by atoms with E-state index in [2.05, 4.69) is 19.2 Å². The lowest BCUT2D eigenvalue weighted by Gasteiger charge is -2.09. The van der Waals surface area contributed by atoms with Crippen molar-refractivity contribution in [1.82, 2.24) is 0 Å². The normalized spacial score (nSPS) is 10.8. The molecule has 0 aliphatic carbocycles. The van der Waals surface area contributed by atoms with Crippen LogP contribution in [0.4, 0.5) is 5.00 Å². The maximum absolute atomic E-state index is 12.6. The van der Waals surface area contributed by atoms with Crippen LogP contribution in [-0.2, 0) is 4.74 Å². The molecular formula is C19H23NO3S2. The molecule has 0 radical (unpaired) electrons. The lowest BCUT2D eigenvalue weighted by molar-refractivity contribution is 0.0527. The number of amides is 1. The Morgan fingerprint density at radius 3 is 2.64 bits per heavy atom. The van der Waals surface area contributed by atoms with Crippen molar-refractivity contribution >= 4 is 40.0 Å². The fourth-order valence-electron chi connectivity index (χ4n) is 2.32. The average Bonchev–Trinajstić information content (AvgIpc) is 2.81. The van der Waals surface area contributed by atoms with E-state index in [1.807, 2.05) is 32.0 Å². The number of nitrogens with one attached hydrogen (secondary N) is 1. The van der Waals surface area contributed by atoms with Gasteiger partial charge in [-0.2, -0.15) is 0 Å². The van der Waals surface area contributed by atoms with Crippen LogP contribution >= 0.6 is 23.1 Å².